The molecule has 0 aromatic heterocycles. The van der Waals surface area contributed by atoms with E-state index in [1.54, 1.807) is 36.4 Å². The average Bonchev–Trinajstić information content (AvgIpc) is 2.41. The number of sulfonamides is 1. The molecule has 0 radical (unpaired) electrons. The molecular weight excluding hydrogens is 290 g/mol. The molecule has 0 aliphatic rings. The number of aromatic hydroxyl groups is 1. The van der Waals surface area contributed by atoms with Gasteiger partial charge in [0, 0.05) is 12.2 Å². The third-order valence-electron chi connectivity index (χ3n) is 2.98. The van der Waals surface area contributed by atoms with Crippen LogP contribution in [-0.2, 0) is 16.4 Å². The van der Waals surface area contributed by atoms with Gasteiger partial charge in [0.2, 0.25) is 10.0 Å². The first-order valence-electron chi connectivity index (χ1n) is 6.30. The summed E-state index contributed by atoms with van der Waals surface area (Å²) in [5.74, 6) is 0.210. The molecule has 0 saturated carbocycles. The van der Waals surface area contributed by atoms with Crippen LogP contribution in [0.5, 0.6) is 5.75 Å². The molecule has 0 atom stereocenters. The highest BCUT2D eigenvalue weighted by atomic mass is 32.2. The highest BCUT2D eigenvalue weighted by Gasteiger charge is 2.14. The Morgan fingerprint density at radius 2 is 1.76 bits per heavy atom. The number of nitrogens with two attached hydrogens (primary N) is 2. The van der Waals surface area contributed by atoms with Crippen LogP contribution < -0.4 is 16.2 Å². The maximum Gasteiger partial charge on any atom is 0.240 e. The monoisotopic (exact) mass is 307 g/mol. The third-order valence-corrected chi connectivity index (χ3v) is 3.93. The molecule has 0 fully saturated rings. The standard InChI is InChI=1S/C14H17N3O3S/c15-11-3-6-13(14(9-11)21(16,19)20)17-8-7-10-1-4-12(18)5-2-10/h1-6,9,17-18H,7-8,15H2,(H2,16,19,20). The van der Waals surface area contributed by atoms with E-state index in [1.165, 1.54) is 6.07 Å². The Labute approximate surface area is 123 Å². The minimum absolute atomic E-state index is 0.0202. The lowest BCUT2D eigenvalue weighted by atomic mass is 10.1. The molecule has 0 amide bonds. The fraction of sp³-hybridized carbons (Fsp3) is 0.143. The number of rotatable bonds is 5. The number of primary sulfonamides is 1. The Morgan fingerprint density at radius 3 is 2.38 bits per heavy atom. The summed E-state index contributed by atoms with van der Waals surface area (Å²) in [5, 5.41) is 17.4. The van der Waals surface area contributed by atoms with Crippen LogP contribution in [0.4, 0.5) is 11.4 Å². The third kappa shape index (κ3) is 4.11. The summed E-state index contributed by atoms with van der Waals surface area (Å²) in [6.45, 7) is 0.525. The summed E-state index contributed by atoms with van der Waals surface area (Å²) < 4.78 is 23.1. The molecule has 2 rings (SSSR count). The van der Waals surface area contributed by atoms with E-state index in [4.69, 9.17) is 10.9 Å². The number of nitrogen functional groups attached to an aromatic ring is 1. The van der Waals surface area contributed by atoms with E-state index < -0.39 is 10.0 Å². The van der Waals surface area contributed by atoms with E-state index in [-0.39, 0.29) is 10.6 Å². The molecule has 6 nitrogen and oxygen atoms in total. The summed E-state index contributed by atoms with van der Waals surface area (Å²) in [7, 11) is -3.83. The Morgan fingerprint density at radius 1 is 1.10 bits per heavy atom. The topological polar surface area (TPSA) is 118 Å². The van der Waals surface area contributed by atoms with Crippen LogP contribution in [0, 0.1) is 0 Å². The summed E-state index contributed by atoms with van der Waals surface area (Å²) in [4.78, 5) is -0.0202. The molecule has 0 heterocycles. The van der Waals surface area contributed by atoms with Crippen LogP contribution in [0.2, 0.25) is 0 Å². The lowest BCUT2D eigenvalue weighted by molar-refractivity contribution is 0.475. The van der Waals surface area contributed by atoms with Gasteiger partial charge in [0.15, 0.2) is 0 Å². The van der Waals surface area contributed by atoms with Crippen molar-refractivity contribution in [1.82, 2.24) is 0 Å². The lowest BCUT2D eigenvalue weighted by Gasteiger charge is -2.11. The number of phenols is 1. The fourth-order valence-electron chi connectivity index (χ4n) is 1.92. The summed E-state index contributed by atoms with van der Waals surface area (Å²) in [6.07, 6.45) is 0.675. The van der Waals surface area contributed by atoms with Crippen LogP contribution >= 0.6 is 0 Å². The highest BCUT2D eigenvalue weighted by Crippen LogP contribution is 2.22. The normalized spacial score (nSPS) is 11.3. The second-order valence-electron chi connectivity index (χ2n) is 4.64. The minimum atomic E-state index is -3.83. The molecule has 0 aliphatic heterocycles. The molecule has 7 heteroatoms. The molecule has 2 aromatic rings. The summed E-state index contributed by atoms with van der Waals surface area (Å²) >= 11 is 0. The second-order valence-corrected chi connectivity index (χ2v) is 6.17. The zero-order valence-electron chi connectivity index (χ0n) is 11.3. The number of anilines is 2. The summed E-state index contributed by atoms with van der Waals surface area (Å²) in [6, 6.07) is 11.4. The van der Waals surface area contributed by atoms with Crippen molar-refractivity contribution in [3.63, 3.8) is 0 Å². The zero-order valence-corrected chi connectivity index (χ0v) is 12.1. The van der Waals surface area contributed by atoms with E-state index in [2.05, 4.69) is 5.32 Å². The SMILES string of the molecule is Nc1ccc(NCCc2ccc(O)cc2)c(S(N)(=O)=O)c1. The van der Waals surface area contributed by atoms with Gasteiger partial charge < -0.3 is 16.2 Å². The van der Waals surface area contributed by atoms with Gasteiger partial charge >= 0.3 is 0 Å². The first kappa shape index (κ1) is 15.1. The van der Waals surface area contributed by atoms with Crippen molar-refractivity contribution in [2.24, 2.45) is 5.14 Å². The number of phenolic OH excluding ortho intramolecular Hbond substituents is 1. The largest absolute Gasteiger partial charge is 0.508 e. The van der Waals surface area contributed by atoms with Crippen molar-refractivity contribution in [3.8, 4) is 5.75 Å². The molecule has 0 spiro atoms. The Kier molecular flexibility index (Phi) is 4.35. The summed E-state index contributed by atoms with van der Waals surface area (Å²) in [5.41, 5.74) is 7.37. The van der Waals surface area contributed by atoms with Gasteiger partial charge in [-0.1, -0.05) is 12.1 Å². The van der Waals surface area contributed by atoms with E-state index in [9.17, 15) is 13.5 Å². The molecule has 0 saturated heterocycles. The zero-order chi connectivity index (χ0) is 15.5. The van der Waals surface area contributed by atoms with Crippen molar-refractivity contribution < 1.29 is 13.5 Å². The highest BCUT2D eigenvalue weighted by molar-refractivity contribution is 7.89. The van der Waals surface area contributed by atoms with Crippen molar-refractivity contribution >= 4 is 21.4 Å². The predicted octanol–water partition coefficient (Wildman–Crippen LogP) is 1.28. The maximum atomic E-state index is 11.5. The number of hydrogen-bond acceptors (Lipinski definition) is 5. The molecule has 0 aliphatic carbocycles. The van der Waals surface area contributed by atoms with Crippen molar-refractivity contribution in [2.45, 2.75) is 11.3 Å². The van der Waals surface area contributed by atoms with Crippen LogP contribution in [-0.4, -0.2) is 20.1 Å². The van der Waals surface area contributed by atoms with Gasteiger partial charge in [-0.25, -0.2) is 13.6 Å². The van der Waals surface area contributed by atoms with E-state index in [0.29, 0.717) is 24.3 Å². The molecule has 112 valence electrons. The van der Waals surface area contributed by atoms with Gasteiger partial charge in [-0.2, -0.15) is 0 Å². The first-order valence-corrected chi connectivity index (χ1v) is 7.85. The maximum absolute atomic E-state index is 11.5. The predicted molar refractivity (Wildman–Crippen MR) is 82.5 cm³/mol. The Hall–Kier alpha value is -2.25. The number of nitrogens with one attached hydrogen (secondary N) is 1. The molecular formula is C14H17N3O3S. The van der Waals surface area contributed by atoms with E-state index >= 15 is 0 Å². The van der Waals surface area contributed by atoms with Crippen LogP contribution in [0.15, 0.2) is 47.4 Å². The number of benzene rings is 2. The van der Waals surface area contributed by atoms with Gasteiger partial charge in [0.25, 0.3) is 0 Å². The lowest BCUT2D eigenvalue weighted by Crippen LogP contribution is -2.16. The van der Waals surface area contributed by atoms with Gasteiger partial charge in [-0.15, -0.1) is 0 Å². The first-order chi connectivity index (χ1) is 9.86. The number of hydrogen-bond donors (Lipinski definition) is 4. The van der Waals surface area contributed by atoms with Gasteiger partial charge in [-0.3, -0.25) is 0 Å². The molecule has 21 heavy (non-hydrogen) atoms. The molecule has 6 N–H and O–H groups in total. The van der Waals surface area contributed by atoms with Crippen molar-refractivity contribution in [3.05, 3.63) is 48.0 Å². The van der Waals surface area contributed by atoms with E-state index in [0.717, 1.165) is 5.56 Å². The van der Waals surface area contributed by atoms with Gasteiger partial charge in [0.1, 0.15) is 10.6 Å². The Bertz CT molecular complexity index is 728. The van der Waals surface area contributed by atoms with E-state index in [1.807, 2.05) is 0 Å². The Balaban J connectivity index is 2.08. The van der Waals surface area contributed by atoms with Gasteiger partial charge in [0.05, 0.1) is 5.69 Å². The van der Waals surface area contributed by atoms with Crippen LogP contribution in [0.25, 0.3) is 0 Å². The quantitative estimate of drug-likeness (QED) is 0.620. The minimum Gasteiger partial charge on any atom is -0.508 e. The van der Waals surface area contributed by atoms with Crippen LogP contribution in [0.1, 0.15) is 5.56 Å². The second kappa shape index (κ2) is 6.02. The molecule has 0 unspecified atom stereocenters. The van der Waals surface area contributed by atoms with Crippen LogP contribution in [0.3, 0.4) is 0 Å². The van der Waals surface area contributed by atoms with Crippen molar-refractivity contribution in [2.75, 3.05) is 17.6 Å². The van der Waals surface area contributed by atoms with Crippen molar-refractivity contribution in [1.29, 1.82) is 0 Å². The average molecular weight is 307 g/mol. The smallest absolute Gasteiger partial charge is 0.240 e. The molecule has 0 bridgehead atoms. The van der Waals surface area contributed by atoms with Gasteiger partial charge in [-0.05, 0) is 42.3 Å². The molecule has 2 aromatic carbocycles. The fourth-order valence-corrected chi connectivity index (χ4v) is 2.67.